The van der Waals surface area contributed by atoms with Crippen molar-refractivity contribution < 1.29 is 9.47 Å². The fraction of sp³-hybridized carbons (Fsp3) is 0.538. The fourth-order valence-electron chi connectivity index (χ4n) is 1.72. The number of nitrogens with two attached hydrogens (primary N) is 1. The molecule has 0 aliphatic rings. The lowest BCUT2D eigenvalue weighted by Gasteiger charge is -2.21. The molecular weight excluding hydrogens is 202 g/mol. The molecule has 16 heavy (non-hydrogen) atoms. The highest BCUT2D eigenvalue weighted by Crippen LogP contribution is 2.22. The summed E-state index contributed by atoms with van der Waals surface area (Å²) in [6.07, 6.45) is 0.121. The Balaban J connectivity index is 2.89. The third-order valence-electron chi connectivity index (χ3n) is 2.35. The van der Waals surface area contributed by atoms with Gasteiger partial charge in [-0.05, 0) is 25.0 Å². The summed E-state index contributed by atoms with van der Waals surface area (Å²) >= 11 is 0. The van der Waals surface area contributed by atoms with Gasteiger partial charge in [0.05, 0.1) is 18.8 Å². The summed E-state index contributed by atoms with van der Waals surface area (Å²) in [4.78, 5) is 0. The van der Waals surface area contributed by atoms with Crippen LogP contribution < -0.4 is 5.73 Å². The van der Waals surface area contributed by atoms with Crippen LogP contribution in [-0.2, 0) is 16.1 Å². The van der Waals surface area contributed by atoms with E-state index >= 15 is 0 Å². The van der Waals surface area contributed by atoms with Crippen LogP contribution in [0.3, 0.4) is 0 Å². The number of benzene rings is 1. The molecule has 0 fully saturated rings. The first-order valence-corrected chi connectivity index (χ1v) is 5.61. The van der Waals surface area contributed by atoms with Gasteiger partial charge < -0.3 is 15.2 Å². The number of hydrogen-bond acceptors (Lipinski definition) is 3. The molecule has 0 spiro atoms. The number of rotatable bonds is 6. The molecule has 0 aromatic heterocycles. The van der Waals surface area contributed by atoms with Crippen LogP contribution >= 0.6 is 0 Å². The maximum absolute atomic E-state index is 5.79. The molecule has 0 bridgehead atoms. The van der Waals surface area contributed by atoms with Gasteiger partial charge in [-0.3, -0.25) is 0 Å². The Morgan fingerprint density at radius 3 is 2.50 bits per heavy atom. The first-order valence-electron chi connectivity index (χ1n) is 5.61. The molecule has 1 unspecified atom stereocenters. The first-order chi connectivity index (χ1) is 7.69. The van der Waals surface area contributed by atoms with Gasteiger partial charge in [-0.2, -0.15) is 0 Å². The van der Waals surface area contributed by atoms with Gasteiger partial charge in [0.2, 0.25) is 0 Å². The molecule has 1 atom stereocenters. The third-order valence-corrected chi connectivity index (χ3v) is 2.35. The van der Waals surface area contributed by atoms with Crippen LogP contribution in [0.5, 0.6) is 0 Å². The smallest absolute Gasteiger partial charge is 0.0954 e. The molecule has 0 saturated heterocycles. The van der Waals surface area contributed by atoms with Crippen LogP contribution in [0.4, 0.5) is 0 Å². The second-order valence-corrected chi connectivity index (χ2v) is 4.04. The van der Waals surface area contributed by atoms with Gasteiger partial charge in [-0.25, -0.2) is 0 Å². The van der Waals surface area contributed by atoms with Crippen molar-refractivity contribution in [3.63, 3.8) is 0 Å². The average molecular weight is 223 g/mol. The highest BCUT2D eigenvalue weighted by atomic mass is 16.5. The zero-order valence-corrected chi connectivity index (χ0v) is 10.3. The summed E-state index contributed by atoms with van der Waals surface area (Å²) in [5.74, 6) is 0. The number of hydrogen-bond donors (Lipinski definition) is 1. The van der Waals surface area contributed by atoms with Crippen LogP contribution in [0.25, 0.3) is 0 Å². The van der Waals surface area contributed by atoms with E-state index in [1.165, 1.54) is 0 Å². The lowest BCUT2D eigenvalue weighted by Crippen LogP contribution is -2.20. The second kappa shape index (κ2) is 6.63. The summed E-state index contributed by atoms with van der Waals surface area (Å²) in [5, 5.41) is 0. The van der Waals surface area contributed by atoms with Gasteiger partial charge in [-0.15, -0.1) is 0 Å². The Bertz CT molecular complexity index is 313. The molecule has 3 nitrogen and oxygen atoms in total. The van der Waals surface area contributed by atoms with Gasteiger partial charge in [0.25, 0.3) is 0 Å². The van der Waals surface area contributed by atoms with Crippen LogP contribution in [-0.4, -0.2) is 19.8 Å². The molecule has 0 radical (unpaired) electrons. The van der Waals surface area contributed by atoms with E-state index in [0.717, 1.165) is 11.1 Å². The summed E-state index contributed by atoms with van der Waals surface area (Å²) in [7, 11) is 1.69. The van der Waals surface area contributed by atoms with Crippen molar-refractivity contribution in [3.8, 4) is 0 Å². The largest absolute Gasteiger partial charge is 0.380 e. The minimum atomic E-state index is -0.0497. The van der Waals surface area contributed by atoms with Crippen LogP contribution in [0.2, 0.25) is 0 Å². The molecule has 90 valence electrons. The zero-order chi connectivity index (χ0) is 12.0. The normalized spacial score (nSPS) is 13.1. The second-order valence-electron chi connectivity index (χ2n) is 4.04. The van der Waals surface area contributed by atoms with Gasteiger partial charge in [0, 0.05) is 13.7 Å². The maximum atomic E-state index is 5.79. The van der Waals surface area contributed by atoms with Crippen LogP contribution in [0.1, 0.15) is 31.1 Å². The Hall–Kier alpha value is -0.900. The fourth-order valence-corrected chi connectivity index (χ4v) is 1.72. The molecule has 0 aliphatic carbocycles. The van der Waals surface area contributed by atoms with E-state index < -0.39 is 0 Å². The standard InChI is InChI=1S/C13H21NO2/c1-10(2)16-13(8-14)12-7-5-4-6-11(12)9-15-3/h4-7,10,13H,8-9,14H2,1-3H3. The molecule has 1 rings (SSSR count). The third kappa shape index (κ3) is 3.59. The molecule has 1 aromatic carbocycles. The molecular formula is C13H21NO2. The van der Waals surface area contributed by atoms with E-state index in [0.29, 0.717) is 13.2 Å². The van der Waals surface area contributed by atoms with Gasteiger partial charge >= 0.3 is 0 Å². The molecule has 0 saturated carbocycles. The van der Waals surface area contributed by atoms with Crippen molar-refractivity contribution in [2.45, 2.75) is 32.7 Å². The Kier molecular flexibility index (Phi) is 5.46. The first kappa shape index (κ1) is 13.2. The Morgan fingerprint density at radius 1 is 1.25 bits per heavy atom. The summed E-state index contributed by atoms with van der Waals surface area (Å²) in [5.41, 5.74) is 8.02. The summed E-state index contributed by atoms with van der Waals surface area (Å²) in [6.45, 7) is 5.11. The quantitative estimate of drug-likeness (QED) is 0.804. The molecule has 0 amide bonds. The summed E-state index contributed by atoms with van der Waals surface area (Å²) in [6, 6.07) is 8.10. The van der Waals surface area contributed by atoms with E-state index in [1.807, 2.05) is 38.1 Å². The Labute approximate surface area is 97.6 Å². The minimum absolute atomic E-state index is 0.0497. The van der Waals surface area contributed by atoms with Crippen molar-refractivity contribution >= 4 is 0 Å². The van der Waals surface area contributed by atoms with Crippen molar-refractivity contribution in [1.29, 1.82) is 0 Å². The monoisotopic (exact) mass is 223 g/mol. The number of methoxy groups -OCH3 is 1. The van der Waals surface area contributed by atoms with E-state index in [-0.39, 0.29) is 12.2 Å². The van der Waals surface area contributed by atoms with Crippen LogP contribution in [0, 0.1) is 0 Å². The van der Waals surface area contributed by atoms with E-state index in [1.54, 1.807) is 7.11 Å². The van der Waals surface area contributed by atoms with Gasteiger partial charge in [0.15, 0.2) is 0 Å². The molecule has 1 aromatic rings. The number of ether oxygens (including phenoxy) is 2. The highest BCUT2D eigenvalue weighted by Gasteiger charge is 2.15. The molecule has 3 heteroatoms. The predicted octanol–water partition coefficient (Wildman–Crippen LogP) is 2.26. The van der Waals surface area contributed by atoms with Crippen molar-refractivity contribution in [3.05, 3.63) is 35.4 Å². The lowest BCUT2D eigenvalue weighted by atomic mass is 10.0. The van der Waals surface area contributed by atoms with E-state index in [9.17, 15) is 0 Å². The van der Waals surface area contributed by atoms with Crippen molar-refractivity contribution in [2.24, 2.45) is 5.73 Å². The SMILES string of the molecule is COCc1ccccc1C(CN)OC(C)C. The van der Waals surface area contributed by atoms with E-state index in [2.05, 4.69) is 0 Å². The van der Waals surface area contributed by atoms with E-state index in [4.69, 9.17) is 15.2 Å². The molecule has 2 N–H and O–H groups in total. The zero-order valence-electron chi connectivity index (χ0n) is 10.3. The maximum Gasteiger partial charge on any atom is 0.0954 e. The summed E-state index contributed by atoms with van der Waals surface area (Å²) < 4.78 is 11.0. The molecule has 0 aliphatic heterocycles. The topological polar surface area (TPSA) is 44.5 Å². The lowest BCUT2D eigenvalue weighted by molar-refractivity contribution is 0.0106. The average Bonchev–Trinajstić information content (AvgIpc) is 2.27. The minimum Gasteiger partial charge on any atom is -0.380 e. The molecule has 0 heterocycles. The van der Waals surface area contributed by atoms with Gasteiger partial charge in [0.1, 0.15) is 0 Å². The predicted molar refractivity (Wildman–Crippen MR) is 65.2 cm³/mol. The Morgan fingerprint density at radius 2 is 1.94 bits per heavy atom. The van der Waals surface area contributed by atoms with Gasteiger partial charge in [-0.1, -0.05) is 24.3 Å². The van der Waals surface area contributed by atoms with Crippen LogP contribution in [0.15, 0.2) is 24.3 Å². The van der Waals surface area contributed by atoms with Crippen molar-refractivity contribution in [2.75, 3.05) is 13.7 Å². The van der Waals surface area contributed by atoms with Crippen molar-refractivity contribution in [1.82, 2.24) is 0 Å². The highest BCUT2D eigenvalue weighted by molar-refractivity contribution is 5.29.